The van der Waals surface area contributed by atoms with Gasteiger partial charge in [0.15, 0.2) is 0 Å². The summed E-state index contributed by atoms with van der Waals surface area (Å²) in [4.78, 5) is 24.0. The number of hydrogen-bond donors (Lipinski definition) is 1. The predicted octanol–water partition coefficient (Wildman–Crippen LogP) is 5.08. The number of anilines is 3. The van der Waals surface area contributed by atoms with Crippen molar-refractivity contribution in [3.05, 3.63) is 76.1 Å². The van der Waals surface area contributed by atoms with Crippen LogP contribution < -0.4 is 10.2 Å². The first-order valence-electron chi connectivity index (χ1n) is 9.23. The fraction of sp³-hybridized carbons (Fsp3) is 0.227. The number of hydrogen-bond acceptors (Lipinski definition) is 4. The molecule has 1 atom stereocenters. The zero-order chi connectivity index (χ0) is 19.8. The Bertz CT molecular complexity index is 1070. The lowest BCUT2D eigenvalue weighted by atomic mass is 10.1. The van der Waals surface area contributed by atoms with Crippen LogP contribution in [-0.2, 0) is 6.42 Å². The van der Waals surface area contributed by atoms with Crippen molar-refractivity contribution in [2.24, 2.45) is 0 Å². The van der Waals surface area contributed by atoms with E-state index in [1.54, 1.807) is 6.07 Å². The molecule has 3 aromatic rings. The SMILES string of the molecule is Cc1cc(C(=O)N2c3ccccc3CC2C)nc(Nc2cccc(Cl)c2C)n1. The molecule has 0 saturated carbocycles. The Labute approximate surface area is 169 Å². The first-order chi connectivity index (χ1) is 13.4. The predicted molar refractivity (Wildman–Crippen MR) is 113 cm³/mol. The first-order valence-corrected chi connectivity index (χ1v) is 9.61. The fourth-order valence-electron chi connectivity index (χ4n) is 3.60. The van der Waals surface area contributed by atoms with E-state index in [0.29, 0.717) is 16.7 Å². The molecule has 0 saturated heterocycles. The van der Waals surface area contributed by atoms with Crippen LogP contribution >= 0.6 is 11.6 Å². The van der Waals surface area contributed by atoms with E-state index in [4.69, 9.17) is 11.6 Å². The van der Waals surface area contributed by atoms with Crippen LogP contribution in [0.1, 0.15) is 34.2 Å². The molecule has 4 rings (SSSR count). The highest BCUT2D eigenvalue weighted by Crippen LogP contribution is 2.33. The smallest absolute Gasteiger partial charge is 0.277 e. The number of aryl methyl sites for hydroxylation is 1. The summed E-state index contributed by atoms with van der Waals surface area (Å²) >= 11 is 6.20. The summed E-state index contributed by atoms with van der Waals surface area (Å²) in [5.74, 6) is 0.266. The average molecular weight is 393 g/mol. The van der Waals surface area contributed by atoms with E-state index in [1.165, 1.54) is 5.56 Å². The fourth-order valence-corrected chi connectivity index (χ4v) is 3.77. The van der Waals surface area contributed by atoms with Gasteiger partial charge in [-0.2, -0.15) is 0 Å². The molecule has 6 heteroatoms. The third-order valence-electron chi connectivity index (χ3n) is 5.01. The lowest BCUT2D eigenvalue weighted by Crippen LogP contribution is -2.36. The number of aromatic nitrogens is 2. The highest BCUT2D eigenvalue weighted by Gasteiger charge is 2.32. The van der Waals surface area contributed by atoms with Crippen molar-refractivity contribution in [1.82, 2.24) is 9.97 Å². The van der Waals surface area contributed by atoms with Crippen LogP contribution in [0.2, 0.25) is 5.02 Å². The van der Waals surface area contributed by atoms with Crippen molar-refractivity contribution in [3.63, 3.8) is 0 Å². The molecule has 1 unspecified atom stereocenters. The number of fused-ring (bicyclic) bond motifs is 1. The van der Waals surface area contributed by atoms with Gasteiger partial charge in [0.2, 0.25) is 5.95 Å². The monoisotopic (exact) mass is 392 g/mol. The number of carbonyl (C=O) groups excluding carboxylic acids is 1. The molecule has 1 amide bonds. The minimum Gasteiger partial charge on any atom is -0.324 e. The Balaban J connectivity index is 1.68. The van der Waals surface area contributed by atoms with Gasteiger partial charge in [-0.1, -0.05) is 35.9 Å². The van der Waals surface area contributed by atoms with Crippen LogP contribution in [-0.4, -0.2) is 21.9 Å². The molecule has 142 valence electrons. The lowest BCUT2D eigenvalue weighted by molar-refractivity contribution is 0.0976. The largest absolute Gasteiger partial charge is 0.324 e. The normalized spacial score (nSPS) is 15.4. The van der Waals surface area contributed by atoms with Gasteiger partial charge in [-0.25, -0.2) is 9.97 Å². The van der Waals surface area contributed by atoms with E-state index in [0.717, 1.165) is 29.1 Å². The van der Waals surface area contributed by atoms with Gasteiger partial charge < -0.3 is 10.2 Å². The number of carbonyl (C=O) groups is 1. The lowest BCUT2D eigenvalue weighted by Gasteiger charge is -2.22. The molecular weight excluding hydrogens is 372 g/mol. The minimum atomic E-state index is -0.117. The number of halogens is 1. The molecule has 0 bridgehead atoms. The van der Waals surface area contributed by atoms with Gasteiger partial charge in [-0.3, -0.25) is 4.79 Å². The summed E-state index contributed by atoms with van der Waals surface area (Å²) in [6, 6.07) is 15.4. The van der Waals surface area contributed by atoms with Crippen LogP contribution in [0.15, 0.2) is 48.5 Å². The average Bonchev–Trinajstić information content (AvgIpc) is 3.00. The summed E-state index contributed by atoms with van der Waals surface area (Å²) in [7, 11) is 0. The quantitative estimate of drug-likeness (QED) is 0.675. The maximum absolute atomic E-state index is 13.3. The topological polar surface area (TPSA) is 58.1 Å². The second-order valence-corrected chi connectivity index (χ2v) is 7.52. The molecule has 2 heterocycles. The molecule has 1 aliphatic rings. The number of rotatable bonds is 3. The Kier molecular flexibility index (Phi) is 4.77. The summed E-state index contributed by atoms with van der Waals surface area (Å²) in [5, 5.41) is 3.86. The molecule has 5 nitrogen and oxygen atoms in total. The molecular formula is C22H21ClN4O. The minimum absolute atomic E-state index is 0.0896. The van der Waals surface area contributed by atoms with Crippen molar-refractivity contribution < 1.29 is 4.79 Å². The molecule has 2 aromatic carbocycles. The molecule has 28 heavy (non-hydrogen) atoms. The van der Waals surface area contributed by atoms with E-state index in [1.807, 2.05) is 55.1 Å². The van der Waals surface area contributed by atoms with Crippen LogP contribution in [0.3, 0.4) is 0 Å². The molecule has 1 aliphatic heterocycles. The van der Waals surface area contributed by atoms with E-state index in [-0.39, 0.29) is 11.9 Å². The first kappa shape index (κ1) is 18.4. The van der Waals surface area contributed by atoms with Crippen molar-refractivity contribution in [2.75, 3.05) is 10.2 Å². The van der Waals surface area contributed by atoms with E-state index >= 15 is 0 Å². The molecule has 1 N–H and O–H groups in total. The van der Waals surface area contributed by atoms with Gasteiger partial charge in [-0.05, 0) is 62.6 Å². The molecule has 0 aliphatic carbocycles. The summed E-state index contributed by atoms with van der Waals surface area (Å²) in [6.07, 6.45) is 0.846. The second-order valence-electron chi connectivity index (χ2n) is 7.11. The second kappa shape index (κ2) is 7.24. The zero-order valence-electron chi connectivity index (χ0n) is 16.0. The van der Waals surface area contributed by atoms with Crippen LogP contribution in [0.4, 0.5) is 17.3 Å². The summed E-state index contributed by atoms with van der Waals surface area (Å²) < 4.78 is 0. The van der Waals surface area contributed by atoms with E-state index in [2.05, 4.69) is 28.3 Å². The summed E-state index contributed by atoms with van der Waals surface area (Å²) in [5.41, 5.74) is 4.96. The highest BCUT2D eigenvalue weighted by molar-refractivity contribution is 6.31. The van der Waals surface area contributed by atoms with Gasteiger partial charge in [-0.15, -0.1) is 0 Å². The van der Waals surface area contributed by atoms with Gasteiger partial charge in [0.1, 0.15) is 5.69 Å². The number of nitrogens with zero attached hydrogens (tertiary/aromatic N) is 3. The van der Waals surface area contributed by atoms with Gasteiger partial charge in [0.25, 0.3) is 5.91 Å². The van der Waals surface area contributed by atoms with Crippen LogP contribution in [0.5, 0.6) is 0 Å². The number of amides is 1. The molecule has 0 fully saturated rings. The van der Waals surface area contributed by atoms with Crippen molar-refractivity contribution in [3.8, 4) is 0 Å². The van der Waals surface area contributed by atoms with Crippen molar-refractivity contribution in [2.45, 2.75) is 33.2 Å². The summed E-state index contributed by atoms with van der Waals surface area (Å²) in [6.45, 7) is 5.84. The van der Waals surface area contributed by atoms with Crippen molar-refractivity contribution in [1.29, 1.82) is 0 Å². The Morgan fingerprint density at radius 3 is 2.75 bits per heavy atom. The zero-order valence-corrected chi connectivity index (χ0v) is 16.8. The van der Waals surface area contributed by atoms with Crippen molar-refractivity contribution >= 4 is 34.8 Å². The molecule has 1 aromatic heterocycles. The van der Waals surface area contributed by atoms with E-state index < -0.39 is 0 Å². The maximum Gasteiger partial charge on any atom is 0.277 e. The number of nitrogens with one attached hydrogen (secondary N) is 1. The van der Waals surface area contributed by atoms with Crippen LogP contribution in [0, 0.1) is 13.8 Å². The van der Waals surface area contributed by atoms with E-state index in [9.17, 15) is 4.79 Å². The standard InChI is InChI=1S/C22H21ClN4O/c1-13-11-19(21(28)27-14(2)12-16-7-4-5-10-20(16)27)26-22(24-13)25-18-9-6-8-17(23)15(18)3/h4-11,14H,12H2,1-3H3,(H,24,25,26). The molecule has 0 spiro atoms. The third-order valence-corrected chi connectivity index (χ3v) is 5.42. The number of benzene rings is 2. The van der Waals surface area contributed by atoms with Gasteiger partial charge in [0.05, 0.1) is 0 Å². The highest BCUT2D eigenvalue weighted by atomic mass is 35.5. The van der Waals surface area contributed by atoms with Gasteiger partial charge in [0, 0.05) is 28.1 Å². The third kappa shape index (κ3) is 3.34. The maximum atomic E-state index is 13.3. The number of para-hydroxylation sites is 1. The Hall–Kier alpha value is -2.92. The molecule has 0 radical (unpaired) electrons. The Morgan fingerprint density at radius 1 is 1.14 bits per heavy atom. The Morgan fingerprint density at radius 2 is 1.93 bits per heavy atom. The van der Waals surface area contributed by atoms with Gasteiger partial charge >= 0.3 is 0 Å². The van der Waals surface area contributed by atoms with Crippen LogP contribution in [0.25, 0.3) is 0 Å².